The number of rotatable bonds is 4. The van der Waals surface area contributed by atoms with E-state index in [1.807, 2.05) is 79.7 Å². The lowest BCUT2D eigenvalue weighted by atomic mass is 10.0. The van der Waals surface area contributed by atoms with Crippen LogP contribution in [-0.4, -0.2) is 15.9 Å². The van der Waals surface area contributed by atoms with Gasteiger partial charge in [0.25, 0.3) is 5.91 Å². The van der Waals surface area contributed by atoms with E-state index in [0.29, 0.717) is 5.56 Å². The number of nitrogens with zero attached hydrogens (tertiary/aromatic N) is 2. The second-order valence-corrected chi connectivity index (χ2v) is 6.42. The summed E-state index contributed by atoms with van der Waals surface area (Å²) in [4.78, 5) is 21.9. The molecule has 2 aromatic heterocycles. The highest BCUT2D eigenvalue weighted by Gasteiger charge is 2.16. The summed E-state index contributed by atoms with van der Waals surface area (Å²) in [5.41, 5.74) is 4.09. The fourth-order valence-corrected chi connectivity index (χ4v) is 3.12. The van der Waals surface area contributed by atoms with E-state index in [1.54, 1.807) is 12.4 Å². The Bertz CT molecular complexity index is 1080. The first-order chi connectivity index (χ1) is 13.2. The smallest absolute Gasteiger partial charge is 0.252 e. The van der Waals surface area contributed by atoms with Gasteiger partial charge in [-0.3, -0.25) is 9.78 Å². The predicted molar refractivity (Wildman–Crippen MR) is 107 cm³/mol. The molecule has 1 atom stereocenters. The van der Waals surface area contributed by atoms with Crippen LogP contribution in [0.2, 0.25) is 0 Å². The monoisotopic (exact) mass is 353 g/mol. The second kappa shape index (κ2) is 7.38. The molecular formula is C23H19N3O. The van der Waals surface area contributed by atoms with Crippen LogP contribution in [0.15, 0.2) is 85.2 Å². The van der Waals surface area contributed by atoms with Crippen molar-refractivity contribution in [2.24, 2.45) is 0 Å². The van der Waals surface area contributed by atoms with Crippen molar-refractivity contribution < 1.29 is 4.79 Å². The molecule has 0 aliphatic heterocycles. The highest BCUT2D eigenvalue weighted by atomic mass is 16.1. The molecular weight excluding hydrogens is 334 g/mol. The van der Waals surface area contributed by atoms with Gasteiger partial charge in [0, 0.05) is 23.3 Å². The molecule has 0 aliphatic rings. The van der Waals surface area contributed by atoms with Crippen molar-refractivity contribution in [1.82, 2.24) is 15.3 Å². The first-order valence-corrected chi connectivity index (χ1v) is 8.88. The number of hydrogen-bond acceptors (Lipinski definition) is 3. The summed E-state index contributed by atoms with van der Waals surface area (Å²) in [5.74, 6) is -0.116. The second-order valence-electron chi connectivity index (χ2n) is 6.42. The van der Waals surface area contributed by atoms with Gasteiger partial charge in [0.05, 0.1) is 22.8 Å². The average Bonchev–Trinajstić information content (AvgIpc) is 2.74. The van der Waals surface area contributed by atoms with E-state index in [0.717, 1.165) is 27.7 Å². The number of carbonyl (C=O) groups is 1. The number of hydrogen-bond donors (Lipinski definition) is 1. The van der Waals surface area contributed by atoms with Crippen molar-refractivity contribution in [3.05, 3.63) is 96.3 Å². The van der Waals surface area contributed by atoms with Crippen LogP contribution in [0, 0.1) is 0 Å². The molecule has 27 heavy (non-hydrogen) atoms. The number of fused-ring (bicyclic) bond motifs is 1. The molecule has 0 radical (unpaired) electrons. The van der Waals surface area contributed by atoms with E-state index < -0.39 is 0 Å². The molecule has 2 heterocycles. The van der Waals surface area contributed by atoms with Gasteiger partial charge in [-0.25, -0.2) is 4.98 Å². The van der Waals surface area contributed by atoms with Crippen LogP contribution in [0.5, 0.6) is 0 Å². The Kier molecular flexibility index (Phi) is 4.62. The molecule has 0 spiro atoms. The molecule has 4 heteroatoms. The molecule has 0 saturated heterocycles. The van der Waals surface area contributed by atoms with E-state index in [-0.39, 0.29) is 11.9 Å². The zero-order valence-corrected chi connectivity index (χ0v) is 15.0. The number of amides is 1. The van der Waals surface area contributed by atoms with Gasteiger partial charge >= 0.3 is 0 Å². The lowest BCUT2D eigenvalue weighted by Gasteiger charge is -2.16. The van der Waals surface area contributed by atoms with Gasteiger partial charge in [0.15, 0.2) is 0 Å². The summed E-state index contributed by atoms with van der Waals surface area (Å²) in [7, 11) is 0. The molecule has 0 aliphatic carbocycles. The molecule has 1 amide bonds. The van der Waals surface area contributed by atoms with E-state index in [1.165, 1.54) is 0 Å². The molecule has 4 rings (SSSR count). The molecule has 0 unspecified atom stereocenters. The number of aromatic nitrogens is 2. The van der Waals surface area contributed by atoms with Crippen LogP contribution >= 0.6 is 0 Å². The van der Waals surface area contributed by atoms with Gasteiger partial charge in [-0.15, -0.1) is 0 Å². The quantitative estimate of drug-likeness (QED) is 0.574. The van der Waals surface area contributed by atoms with Gasteiger partial charge in [0.1, 0.15) is 0 Å². The van der Waals surface area contributed by atoms with Crippen LogP contribution < -0.4 is 5.32 Å². The molecule has 4 aromatic rings. The first-order valence-electron chi connectivity index (χ1n) is 8.88. The summed E-state index contributed by atoms with van der Waals surface area (Å²) in [6.07, 6.45) is 3.48. The van der Waals surface area contributed by atoms with Crippen LogP contribution in [-0.2, 0) is 0 Å². The average molecular weight is 353 g/mol. The zero-order valence-electron chi connectivity index (χ0n) is 15.0. The minimum atomic E-state index is -0.116. The normalized spacial score (nSPS) is 11.9. The minimum absolute atomic E-state index is 0.0903. The maximum Gasteiger partial charge on any atom is 0.252 e. The Hall–Kier alpha value is -3.53. The number of pyridine rings is 2. The Balaban J connectivity index is 1.74. The van der Waals surface area contributed by atoms with Crippen molar-refractivity contribution in [1.29, 1.82) is 0 Å². The summed E-state index contributed by atoms with van der Waals surface area (Å²) in [6.45, 7) is 1.98. The van der Waals surface area contributed by atoms with Crippen molar-refractivity contribution in [2.45, 2.75) is 13.0 Å². The third-order valence-corrected chi connectivity index (χ3v) is 4.57. The topological polar surface area (TPSA) is 54.9 Å². The predicted octanol–water partition coefficient (Wildman–Crippen LogP) is 4.79. The Morgan fingerprint density at radius 2 is 1.74 bits per heavy atom. The summed E-state index contributed by atoms with van der Waals surface area (Å²) < 4.78 is 0. The van der Waals surface area contributed by atoms with Crippen molar-refractivity contribution >= 4 is 16.8 Å². The van der Waals surface area contributed by atoms with Gasteiger partial charge in [-0.2, -0.15) is 0 Å². The number of nitrogens with one attached hydrogen (secondary N) is 1. The molecule has 0 bridgehead atoms. The Labute approximate surface area is 157 Å². The third kappa shape index (κ3) is 3.55. The van der Waals surface area contributed by atoms with Crippen molar-refractivity contribution in [3.63, 3.8) is 0 Å². The van der Waals surface area contributed by atoms with Crippen LogP contribution in [0.4, 0.5) is 0 Å². The van der Waals surface area contributed by atoms with E-state index in [9.17, 15) is 4.79 Å². The summed E-state index contributed by atoms with van der Waals surface area (Å²) in [5, 5.41) is 3.94. The van der Waals surface area contributed by atoms with Gasteiger partial charge in [0.2, 0.25) is 0 Å². The van der Waals surface area contributed by atoms with Gasteiger partial charge in [-0.05, 0) is 36.8 Å². The molecule has 0 saturated carbocycles. The van der Waals surface area contributed by atoms with Crippen molar-refractivity contribution in [3.8, 4) is 11.3 Å². The van der Waals surface area contributed by atoms with Crippen LogP contribution in [0.25, 0.3) is 22.2 Å². The van der Waals surface area contributed by atoms with E-state index in [2.05, 4.69) is 10.3 Å². The fraction of sp³-hybridized carbons (Fsp3) is 0.0870. The number of benzene rings is 2. The van der Waals surface area contributed by atoms with Crippen LogP contribution in [0.3, 0.4) is 0 Å². The molecule has 4 nitrogen and oxygen atoms in total. The lowest BCUT2D eigenvalue weighted by Crippen LogP contribution is -2.27. The third-order valence-electron chi connectivity index (χ3n) is 4.57. The molecule has 2 aromatic carbocycles. The Morgan fingerprint density at radius 3 is 2.52 bits per heavy atom. The standard InChI is InChI=1S/C23H19N3O/c1-16(17-8-3-2-4-9-17)25-23(27)20-14-22(18-10-7-13-24-15-18)26-21-12-6-5-11-19(20)21/h2-16H,1H3,(H,25,27)/t16-/m1/s1. The molecule has 0 fully saturated rings. The maximum atomic E-state index is 13.1. The fourth-order valence-electron chi connectivity index (χ4n) is 3.12. The lowest BCUT2D eigenvalue weighted by molar-refractivity contribution is 0.0941. The number of para-hydroxylation sites is 1. The van der Waals surface area contributed by atoms with Crippen molar-refractivity contribution in [2.75, 3.05) is 0 Å². The minimum Gasteiger partial charge on any atom is -0.345 e. The first kappa shape index (κ1) is 16.9. The Morgan fingerprint density at radius 1 is 0.963 bits per heavy atom. The molecule has 132 valence electrons. The zero-order chi connectivity index (χ0) is 18.6. The SMILES string of the molecule is C[C@@H](NC(=O)c1cc(-c2cccnc2)nc2ccccc12)c1ccccc1. The summed E-state index contributed by atoms with van der Waals surface area (Å²) in [6, 6.07) is 23.2. The maximum absolute atomic E-state index is 13.1. The number of carbonyl (C=O) groups excluding carboxylic acids is 1. The van der Waals surface area contributed by atoms with E-state index in [4.69, 9.17) is 4.98 Å². The van der Waals surface area contributed by atoms with Crippen LogP contribution in [0.1, 0.15) is 28.9 Å². The van der Waals surface area contributed by atoms with Gasteiger partial charge in [-0.1, -0.05) is 48.5 Å². The highest BCUT2D eigenvalue weighted by Crippen LogP contribution is 2.25. The van der Waals surface area contributed by atoms with Gasteiger partial charge < -0.3 is 5.32 Å². The summed E-state index contributed by atoms with van der Waals surface area (Å²) >= 11 is 0. The largest absolute Gasteiger partial charge is 0.345 e. The highest BCUT2D eigenvalue weighted by molar-refractivity contribution is 6.07. The molecule has 1 N–H and O–H groups in total. The van der Waals surface area contributed by atoms with E-state index >= 15 is 0 Å².